The van der Waals surface area contributed by atoms with Crippen molar-refractivity contribution in [2.45, 2.75) is 82.3 Å². The molecular weight excluding hydrogens is 494 g/mol. The summed E-state index contributed by atoms with van der Waals surface area (Å²) in [5.74, 6) is 0.937. The van der Waals surface area contributed by atoms with E-state index >= 15 is 0 Å². The van der Waals surface area contributed by atoms with E-state index in [1.807, 2.05) is 0 Å². The Morgan fingerprint density at radius 3 is 2.26 bits per heavy atom. The Morgan fingerprint density at radius 2 is 1.68 bits per heavy atom. The fourth-order valence-corrected chi connectivity index (χ4v) is 6.26. The number of sulfonamides is 1. The first-order valence-electron chi connectivity index (χ1n) is 11.0. The van der Waals surface area contributed by atoms with Gasteiger partial charge in [0.1, 0.15) is 9.96 Å². The second kappa shape index (κ2) is 10.8. The Bertz CT molecular complexity index is 965. The van der Waals surface area contributed by atoms with Crippen LogP contribution in [0.3, 0.4) is 0 Å². The minimum Gasteiger partial charge on any atom is -0.493 e. The zero-order chi connectivity index (χ0) is 23.3. The Morgan fingerprint density at radius 1 is 1.00 bits per heavy atom. The van der Waals surface area contributed by atoms with Crippen molar-refractivity contribution < 1.29 is 13.2 Å². The van der Waals surface area contributed by atoms with Crippen molar-refractivity contribution in [1.29, 1.82) is 0 Å². The SMILES string of the molecule is CCC(C)(C)c1ccc(OCCCCNS(=O)(=O)c2ccc(Br)s2)c(C(C)(C)CC)c1. The van der Waals surface area contributed by atoms with Gasteiger partial charge in [-0.25, -0.2) is 13.1 Å². The van der Waals surface area contributed by atoms with E-state index in [4.69, 9.17) is 4.74 Å². The summed E-state index contributed by atoms with van der Waals surface area (Å²) in [6.07, 6.45) is 3.61. The van der Waals surface area contributed by atoms with Crippen molar-refractivity contribution >= 4 is 37.3 Å². The third-order valence-corrected chi connectivity index (χ3v) is 9.77. The third kappa shape index (κ3) is 7.04. The van der Waals surface area contributed by atoms with Gasteiger partial charge < -0.3 is 4.74 Å². The minimum absolute atomic E-state index is 0.0276. The van der Waals surface area contributed by atoms with Gasteiger partial charge in [-0.2, -0.15) is 0 Å². The molecule has 1 aromatic heterocycles. The molecule has 7 heteroatoms. The molecule has 0 aliphatic heterocycles. The summed E-state index contributed by atoms with van der Waals surface area (Å²) < 4.78 is 34.5. The molecule has 1 N–H and O–H groups in total. The van der Waals surface area contributed by atoms with Gasteiger partial charge in [-0.1, -0.05) is 53.7 Å². The number of nitrogens with one attached hydrogen (secondary N) is 1. The van der Waals surface area contributed by atoms with Crippen LogP contribution in [0.25, 0.3) is 0 Å². The highest BCUT2D eigenvalue weighted by Crippen LogP contribution is 2.38. The van der Waals surface area contributed by atoms with Crippen LogP contribution in [-0.2, 0) is 20.9 Å². The van der Waals surface area contributed by atoms with Gasteiger partial charge in [0, 0.05) is 12.1 Å². The average molecular weight is 531 g/mol. The lowest BCUT2D eigenvalue weighted by Gasteiger charge is -2.30. The number of halogens is 1. The first-order valence-corrected chi connectivity index (χ1v) is 14.0. The van der Waals surface area contributed by atoms with E-state index in [1.165, 1.54) is 22.5 Å². The maximum atomic E-state index is 12.3. The summed E-state index contributed by atoms with van der Waals surface area (Å²) in [5, 5.41) is 0. The molecule has 31 heavy (non-hydrogen) atoms. The number of benzene rings is 1. The van der Waals surface area contributed by atoms with Gasteiger partial charge in [0.15, 0.2) is 0 Å². The van der Waals surface area contributed by atoms with E-state index in [2.05, 4.69) is 80.4 Å². The van der Waals surface area contributed by atoms with Crippen LogP contribution in [-0.4, -0.2) is 21.6 Å². The highest BCUT2D eigenvalue weighted by molar-refractivity contribution is 9.11. The van der Waals surface area contributed by atoms with Crippen LogP contribution >= 0.6 is 27.3 Å². The summed E-state index contributed by atoms with van der Waals surface area (Å²) >= 11 is 4.51. The fourth-order valence-electron chi connectivity index (χ4n) is 3.13. The molecule has 0 saturated heterocycles. The molecule has 0 bridgehead atoms. The second-order valence-electron chi connectivity index (χ2n) is 9.20. The maximum absolute atomic E-state index is 12.3. The lowest BCUT2D eigenvalue weighted by atomic mass is 9.76. The molecule has 2 rings (SSSR count). The predicted octanol–water partition coefficient (Wildman–Crippen LogP) is 7.02. The van der Waals surface area contributed by atoms with E-state index in [0.717, 1.165) is 35.2 Å². The number of hydrogen-bond donors (Lipinski definition) is 1. The topological polar surface area (TPSA) is 55.4 Å². The molecule has 1 heterocycles. The quantitative estimate of drug-likeness (QED) is 0.300. The van der Waals surface area contributed by atoms with Gasteiger partial charge in [0.05, 0.1) is 10.4 Å². The Labute approximate surface area is 201 Å². The smallest absolute Gasteiger partial charge is 0.250 e. The molecule has 0 unspecified atom stereocenters. The number of rotatable bonds is 12. The normalized spacial score (nSPS) is 12.9. The molecule has 1 aromatic carbocycles. The number of thiophene rings is 1. The molecule has 2 aromatic rings. The summed E-state index contributed by atoms with van der Waals surface area (Å²) in [6.45, 7) is 14.5. The van der Waals surface area contributed by atoms with Gasteiger partial charge in [-0.05, 0) is 76.2 Å². The van der Waals surface area contributed by atoms with Crippen LogP contribution in [0.1, 0.15) is 78.4 Å². The van der Waals surface area contributed by atoms with Crippen molar-refractivity contribution in [3.8, 4) is 5.75 Å². The molecule has 0 radical (unpaired) electrons. The standard InChI is InChI=1S/C24H36BrNO3S2/c1-7-23(3,4)18-11-12-20(19(17-18)24(5,6)8-2)29-16-10-9-15-26-31(27,28)22-14-13-21(25)30-22/h11-14,17,26H,7-10,15-16H2,1-6H3. The van der Waals surface area contributed by atoms with Crippen molar-refractivity contribution in [3.05, 3.63) is 45.2 Å². The Balaban J connectivity index is 1.95. The monoisotopic (exact) mass is 529 g/mol. The molecular formula is C24H36BrNO3S2. The second-order valence-corrected chi connectivity index (χ2v) is 13.7. The van der Waals surface area contributed by atoms with Gasteiger partial charge >= 0.3 is 0 Å². The van der Waals surface area contributed by atoms with E-state index in [0.29, 0.717) is 17.4 Å². The van der Waals surface area contributed by atoms with Crippen LogP contribution in [0.4, 0.5) is 0 Å². The van der Waals surface area contributed by atoms with Gasteiger partial charge in [-0.15, -0.1) is 11.3 Å². The molecule has 0 aliphatic carbocycles. The number of hydrogen-bond acceptors (Lipinski definition) is 4. The third-order valence-electron chi connectivity index (χ3n) is 6.19. The minimum atomic E-state index is -3.43. The molecule has 174 valence electrons. The zero-order valence-corrected chi connectivity index (χ0v) is 22.8. The van der Waals surface area contributed by atoms with Crippen LogP contribution in [0.2, 0.25) is 0 Å². The van der Waals surface area contributed by atoms with E-state index in [-0.39, 0.29) is 10.8 Å². The summed E-state index contributed by atoms with van der Waals surface area (Å²) in [6, 6.07) is 9.96. The maximum Gasteiger partial charge on any atom is 0.250 e. The summed E-state index contributed by atoms with van der Waals surface area (Å²) in [4.78, 5) is 0. The average Bonchev–Trinajstić information content (AvgIpc) is 3.17. The highest BCUT2D eigenvalue weighted by Gasteiger charge is 2.26. The Kier molecular flexibility index (Phi) is 9.20. The van der Waals surface area contributed by atoms with Crippen molar-refractivity contribution in [2.75, 3.05) is 13.2 Å². The largest absolute Gasteiger partial charge is 0.493 e. The lowest BCUT2D eigenvalue weighted by Crippen LogP contribution is -2.24. The first-order chi connectivity index (χ1) is 14.4. The van der Waals surface area contributed by atoms with E-state index in [1.54, 1.807) is 12.1 Å². The van der Waals surface area contributed by atoms with E-state index < -0.39 is 10.0 Å². The van der Waals surface area contributed by atoms with Crippen molar-refractivity contribution in [1.82, 2.24) is 4.72 Å². The lowest BCUT2D eigenvalue weighted by molar-refractivity contribution is 0.296. The number of unbranched alkanes of at least 4 members (excludes halogenated alkanes) is 1. The molecule has 0 saturated carbocycles. The van der Waals surface area contributed by atoms with Gasteiger partial charge in [-0.3, -0.25) is 0 Å². The van der Waals surface area contributed by atoms with Crippen molar-refractivity contribution in [2.24, 2.45) is 0 Å². The van der Waals surface area contributed by atoms with Crippen molar-refractivity contribution in [3.63, 3.8) is 0 Å². The molecule has 0 aliphatic rings. The fraction of sp³-hybridized carbons (Fsp3) is 0.583. The first kappa shape index (κ1) is 26.4. The summed E-state index contributed by atoms with van der Waals surface area (Å²) in [5.41, 5.74) is 2.75. The zero-order valence-electron chi connectivity index (χ0n) is 19.5. The van der Waals surface area contributed by atoms with Crippen LogP contribution < -0.4 is 9.46 Å². The molecule has 0 spiro atoms. The Hall–Kier alpha value is -0.890. The highest BCUT2D eigenvalue weighted by atomic mass is 79.9. The molecule has 4 nitrogen and oxygen atoms in total. The summed E-state index contributed by atoms with van der Waals surface area (Å²) in [7, 11) is -3.43. The van der Waals surface area contributed by atoms with Gasteiger partial charge in [0.2, 0.25) is 10.0 Å². The molecule has 0 fully saturated rings. The number of ether oxygens (including phenoxy) is 1. The van der Waals surface area contributed by atoms with Crippen LogP contribution in [0.5, 0.6) is 5.75 Å². The van der Waals surface area contributed by atoms with Gasteiger partial charge in [0.25, 0.3) is 0 Å². The van der Waals surface area contributed by atoms with Crippen LogP contribution in [0.15, 0.2) is 38.3 Å². The molecule has 0 atom stereocenters. The van der Waals surface area contributed by atoms with Crippen LogP contribution in [0, 0.1) is 0 Å². The van der Waals surface area contributed by atoms with E-state index in [9.17, 15) is 8.42 Å². The predicted molar refractivity (Wildman–Crippen MR) is 135 cm³/mol. The molecule has 0 amide bonds.